The van der Waals surface area contributed by atoms with Gasteiger partial charge in [0.05, 0.1) is 13.1 Å². The van der Waals surface area contributed by atoms with E-state index in [9.17, 15) is 9.59 Å². The van der Waals surface area contributed by atoms with Crippen molar-refractivity contribution in [3.63, 3.8) is 0 Å². The highest BCUT2D eigenvalue weighted by Crippen LogP contribution is 2.15. The van der Waals surface area contributed by atoms with E-state index in [4.69, 9.17) is 11.6 Å². The van der Waals surface area contributed by atoms with E-state index in [-0.39, 0.29) is 17.9 Å². The lowest BCUT2D eigenvalue weighted by atomic mass is 10.1. The minimum absolute atomic E-state index is 0.0710. The number of unbranched alkanes of at least 4 members (excludes halogenated alkanes) is 1. The number of carbonyl (C=O) groups excluding carboxylic acids is 2. The Morgan fingerprint density at radius 1 is 1.15 bits per heavy atom. The number of piperazine rings is 1. The van der Waals surface area contributed by atoms with Crippen LogP contribution in [0.4, 0.5) is 0 Å². The summed E-state index contributed by atoms with van der Waals surface area (Å²) in [6, 6.07) is 7.73. The summed E-state index contributed by atoms with van der Waals surface area (Å²) in [5.74, 6) is 0.171. The molecule has 0 saturated carbocycles. The van der Waals surface area contributed by atoms with Gasteiger partial charge in [-0.05, 0) is 31.0 Å². The highest BCUT2D eigenvalue weighted by Gasteiger charge is 2.22. The maximum Gasteiger partial charge on any atom is 0.236 e. The molecule has 150 valence electrons. The third-order valence-corrected chi connectivity index (χ3v) is 5.13. The molecule has 0 spiro atoms. The van der Waals surface area contributed by atoms with Crippen LogP contribution in [0.1, 0.15) is 38.3 Å². The van der Waals surface area contributed by atoms with E-state index in [1.165, 1.54) is 0 Å². The van der Waals surface area contributed by atoms with Gasteiger partial charge in [0.1, 0.15) is 0 Å². The molecule has 2 rings (SSSR count). The molecular formula is C20H31ClN4O2. The minimum atomic E-state index is 0.0710. The molecule has 2 N–H and O–H groups in total. The van der Waals surface area contributed by atoms with E-state index in [1.54, 1.807) is 0 Å². The largest absolute Gasteiger partial charge is 0.355 e. The van der Waals surface area contributed by atoms with E-state index < -0.39 is 0 Å². The Labute approximate surface area is 167 Å². The van der Waals surface area contributed by atoms with Crippen LogP contribution in [0.25, 0.3) is 0 Å². The smallest absolute Gasteiger partial charge is 0.236 e. The lowest BCUT2D eigenvalue weighted by molar-refractivity contribution is -0.132. The van der Waals surface area contributed by atoms with Crippen LogP contribution in [-0.2, 0) is 9.59 Å². The van der Waals surface area contributed by atoms with Gasteiger partial charge in [-0.1, -0.05) is 37.1 Å². The third kappa shape index (κ3) is 7.48. The van der Waals surface area contributed by atoms with Crippen molar-refractivity contribution in [2.24, 2.45) is 0 Å². The number of carbonyl (C=O) groups is 2. The summed E-state index contributed by atoms with van der Waals surface area (Å²) < 4.78 is 0. The molecule has 0 aliphatic carbocycles. The van der Waals surface area contributed by atoms with E-state index in [2.05, 4.69) is 22.5 Å². The van der Waals surface area contributed by atoms with Crippen LogP contribution in [0.2, 0.25) is 5.02 Å². The van der Waals surface area contributed by atoms with E-state index >= 15 is 0 Å². The summed E-state index contributed by atoms with van der Waals surface area (Å²) in [5, 5.41) is 6.92. The predicted octanol–water partition coefficient (Wildman–Crippen LogP) is 2.05. The Kier molecular flexibility index (Phi) is 9.04. The Morgan fingerprint density at radius 3 is 2.44 bits per heavy atom. The average Bonchev–Trinajstić information content (AvgIpc) is 2.67. The molecule has 1 aromatic carbocycles. The lowest BCUT2D eigenvalue weighted by Gasteiger charge is -2.34. The molecule has 1 aliphatic rings. The van der Waals surface area contributed by atoms with Crippen molar-refractivity contribution in [1.29, 1.82) is 0 Å². The average molecular weight is 395 g/mol. The molecule has 2 amide bonds. The standard InChI is InChI=1S/C20H31ClN4O2/c1-3-4-9-22-19(26)15-24-10-12-25(13-11-24)20(27)14-23-16(2)17-5-7-18(21)8-6-17/h5-8,16,23H,3-4,9-15H2,1-2H3,(H,22,26)/t16-/m1/s1. The van der Waals surface area contributed by atoms with Crippen molar-refractivity contribution in [1.82, 2.24) is 20.4 Å². The van der Waals surface area contributed by atoms with E-state index in [0.717, 1.165) is 38.0 Å². The molecule has 1 aliphatic heterocycles. The van der Waals surface area contributed by atoms with Gasteiger partial charge >= 0.3 is 0 Å². The Bertz CT molecular complexity index is 601. The van der Waals surface area contributed by atoms with Crippen LogP contribution in [-0.4, -0.2) is 67.4 Å². The molecule has 7 heteroatoms. The normalized spacial score (nSPS) is 16.2. The van der Waals surface area contributed by atoms with Crippen molar-refractivity contribution >= 4 is 23.4 Å². The Morgan fingerprint density at radius 2 is 1.81 bits per heavy atom. The molecule has 1 saturated heterocycles. The maximum absolute atomic E-state index is 12.4. The number of rotatable bonds is 9. The first kappa shape index (κ1) is 21.7. The highest BCUT2D eigenvalue weighted by atomic mass is 35.5. The van der Waals surface area contributed by atoms with Gasteiger partial charge in [-0.15, -0.1) is 0 Å². The quantitative estimate of drug-likeness (QED) is 0.629. The number of halogens is 1. The van der Waals surface area contributed by atoms with Gasteiger partial charge in [0.2, 0.25) is 11.8 Å². The zero-order valence-electron chi connectivity index (χ0n) is 16.3. The second kappa shape index (κ2) is 11.3. The number of amides is 2. The van der Waals surface area contributed by atoms with Crippen LogP contribution in [0.15, 0.2) is 24.3 Å². The third-order valence-electron chi connectivity index (χ3n) is 4.87. The minimum Gasteiger partial charge on any atom is -0.355 e. The van der Waals surface area contributed by atoms with Gasteiger partial charge in [-0.25, -0.2) is 0 Å². The van der Waals surface area contributed by atoms with Gasteiger partial charge in [-0.2, -0.15) is 0 Å². The van der Waals surface area contributed by atoms with Crippen LogP contribution < -0.4 is 10.6 Å². The fourth-order valence-corrected chi connectivity index (χ4v) is 3.17. The van der Waals surface area contributed by atoms with E-state index in [0.29, 0.717) is 31.2 Å². The van der Waals surface area contributed by atoms with Gasteiger partial charge < -0.3 is 15.5 Å². The molecule has 0 radical (unpaired) electrons. The summed E-state index contributed by atoms with van der Waals surface area (Å²) in [4.78, 5) is 28.3. The molecule has 0 aromatic heterocycles. The number of hydrogen-bond acceptors (Lipinski definition) is 4. The van der Waals surface area contributed by atoms with E-state index in [1.807, 2.05) is 36.1 Å². The second-order valence-corrected chi connectivity index (χ2v) is 7.45. The molecule has 1 atom stereocenters. The number of nitrogens with one attached hydrogen (secondary N) is 2. The maximum atomic E-state index is 12.4. The summed E-state index contributed by atoms with van der Waals surface area (Å²) in [7, 11) is 0. The first-order chi connectivity index (χ1) is 13.0. The summed E-state index contributed by atoms with van der Waals surface area (Å²) in [6.45, 7) is 8.40. The number of nitrogens with zero attached hydrogens (tertiary/aromatic N) is 2. The molecular weight excluding hydrogens is 364 g/mol. The zero-order chi connectivity index (χ0) is 19.6. The van der Waals surface area contributed by atoms with Crippen molar-refractivity contribution in [2.75, 3.05) is 45.8 Å². The second-order valence-electron chi connectivity index (χ2n) is 7.01. The van der Waals surface area contributed by atoms with Gasteiger partial charge in [0.25, 0.3) is 0 Å². The van der Waals surface area contributed by atoms with Gasteiger partial charge in [0.15, 0.2) is 0 Å². The molecule has 0 bridgehead atoms. The fourth-order valence-electron chi connectivity index (χ4n) is 3.04. The van der Waals surface area contributed by atoms with Crippen LogP contribution in [0.3, 0.4) is 0 Å². The van der Waals surface area contributed by atoms with Crippen LogP contribution >= 0.6 is 11.6 Å². The number of hydrogen-bond donors (Lipinski definition) is 2. The molecule has 6 nitrogen and oxygen atoms in total. The van der Waals surface area contributed by atoms with Crippen LogP contribution in [0.5, 0.6) is 0 Å². The predicted molar refractivity (Wildman–Crippen MR) is 109 cm³/mol. The Balaban J connectivity index is 1.67. The Hall–Kier alpha value is -1.63. The molecule has 27 heavy (non-hydrogen) atoms. The summed E-state index contributed by atoms with van der Waals surface area (Å²) >= 11 is 5.91. The SMILES string of the molecule is CCCCNC(=O)CN1CCN(C(=O)CN[C@H](C)c2ccc(Cl)cc2)CC1. The molecule has 0 unspecified atom stereocenters. The van der Waals surface area contributed by atoms with Gasteiger partial charge in [0, 0.05) is 43.8 Å². The first-order valence-corrected chi connectivity index (χ1v) is 10.1. The molecule has 1 heterocycles. The van der Waals surface area contributed by atoms with Crippen molar-refractivity contribution in [3.8, 4) is 0 Å². The number of benzene rings is 1. The van der Waals surface area contributed by atoms with Crippen molar-refractivity contribution < 1.29 is 9.59 Å². The van der Waals surface area contributed by atoms with Crippen LogP contribution in [0, 0.1) is 0 Å². The fraction of sp³-hybridized carbons (Fsp3) is 0.600. The lowest BCUT2D eigenvalue weighted by Crippen LogP contribution is -2.52. The molecule has 1 fully saturated rings. The van der Waals surface area contributed by atoms with Gasteiger partial charge in [-0.3, -0.25) is 14.5 Å². The zero-order valence-corrected chi connectivity index (χ0v) is 17.1. The van der Waals surface area contributed by atoms with Crippen molar-refractivity contribution in [3.05, 3.63) is 34.9 Å². The summed E-state index contributed by atoms with van der Waals surface area (Å²) in [6.07, 6.45) is 2.08. The first-order valence-electron chi connectivity index (χ1n) is 9.75. The highest BCUT2D eigenvalue weighted by molar-refractivity contribution is 6.30. The van der Waals surface area contributed by atoms with Crippen molar-refractivity contribution in [2.45, 2.75) is 32.7 Å². The monoisotopic (exact) mass is 394 g/mol. The topological polar surface area (TPSA) is 64.7 Å². The summed E-state index contributed by atoms with van der Waals surface area (Å²) in [5.41, 5.74) is 1.10. The molecule has 1 aromatic rings.